The van der Waals surface area contributed by atoms with E-state index in [1.54, 1.807) is 6.07 Å². The van der Waals surface area contributed by atoms with E-state index in [0.29, 0.717) is 12.4 Å². The molecule has 0 atom stereocenters. The van der Waals surface area contributed by atoms with Crippen LogP contribution in [0.25, 0.3) is 11.3 Å². The standard InChI is InChI=1S/C13H6Cl2F3NO/c14-8-2-1-3-9(15)12(8)10-4-7(6-20)5-11(19-10)13(16,17)18/h1-6H. The van der Waals surface area contributed by atoms with Gasteiger partial charge in [0.05, 0.1) is 15.7 Å². The van der Waals surface area contributed by atoms with Crippen LogP contribution in [0.5, 0.6) is 0 Å². The van der Waals surface area contributed by atoms with Crippen LogP contribution < -0.4 is 0 Å². The van der Waals surface area contributed by atoms with Crippen molar-refractivity contribution < 1.29 is 18.0 Å². The average molecular weight is 320 g/mol. The second kappa shape index (κ2) is 5.42. The summed E-state index contributed by atoms with van der Waals surface area (Å²) in [6, 6.07) is 6.38. The van der Waals surface area contributed by atoms with Crippen LogP contribution in [0.3, 0.4) is 0 Å². The molecule has 0 saturated carbocycles. The molecule has 0 N–H and O–H groups in total. The summed E-state index contributed by atoms with van der Waals surface area (Å²) in [4.78, 5) is 14.3. The van der Waals surface area contributed by atoms with Crippen LogP contribution in [-0.4, -0.2) is 11.3 Å². The maximum atomic E-state index is 12.8. The summed E-state index contributed by atoms with van der Waals surface area (Å²) in [7, 11) is 0. The highest BCUT2D eigenvalue weighted by molar-refractivity contribution is 6.39. The lowest BCUT2D eigenvalue weighted by atomic mass is 10.1. The first-order valence-corrected chi connectivity index (χ1v) is 6.07. The zero-order valence-electron chi connectivity index (χ0n) is 9.71. The van der Waals surface area contributed by atoms with Crippen LogP contribution in [0.2, 0.25) is 10.0 Å². The van der Waals surface area contributed by atoms with Crippen molar-refractivity contribution in [3.8, 4) is 11.3 Å². The number of nitrogens with zero attached hydrogens (tertiary/aromatic N) is 1. The van der Waals surface area contributed by atoms with Crippen LogP contribution in [0.15, 0.2) is 30.3 Å². The number of carbonyl (C=O) groups is 1. The molecule has 0 unspecified atom stereocenters. The number of hydrogen-bond donors (Lipinski definition) is 0. The number of halogens is 5. The monoisotopic (exact) mass is 319 g/mol. The highest BCUT2D eigenvalue weighted by atomic mass is 35.5. The maximum absolute atomic E-state index is 12.8. The topological polar surface area (TPSA) is 30.0 Å². The molecule has 0 saturated heterocycles. The van der Waals surface area contributed by atoms with Crippen molar-refractivity contribution in [2.75, 3.05) is 0 Å². The van der Waals surface area contributed by atoms with Gasteiger partial charge in [-0.3, -0.25) is 4.79 Å². The van der Waals surface area contributed by atoms with Crippen LogP contribution in [0.4, 0.5) is 13.2 Å². The van der Waals surface area contributed by atoms with Gasteiger partial charge < -0.3 is 0 Å². The highest BCUT2D eigenvalue weighted by Crippen LogP contribution is 2.36. The SMILES string of the molecule is O=Cc1cc(-c2c(Cl)cccc2Cl)nc(C(F)(F)F)c1. The number of pyridine rings is 1. The summed E-state index contributed by atoms with van der Waals surface area (Å²) >= 11 is 11.9. The molecule has 2 aromatic rings. The van der Waals surface area contributed by atoms with Gasteiger partial charge >= 0.3 is 6.18 Å². The van der Waals surface area contributed by atoms with Gasteiger partial charge in [-0.2, -0.15) is 13.2 Å². The molecule has 0 fully saturated rings. The number of benzene rings is 1. The Balaban J connectivity index is 2.71. The molecule has 20 heavy (non-hydrogen) atoms. The van der Waals surface area contributed by atoms with E-state index < -0.39 is 11.9 Å². The van der Waals surface area contributed by atoms with E-state index in [1.165, 1.54) is 18.2 Å². The molecule has 0 spiro atoms. The van der Waals surface area contributed by atoms with Crippen molar-refractivity contribution in [3.05, 3.63) is 51.6 Å². The van der Waals surface area contributed by atoms with Gasteiger partial charge in [-0.25, -0.2) is 4.98 Å². The van der Waals surface area contributed by atoms with Gasteiger partial charge in [0.25, 0.3) is 0 Å². The van der Waals surface area contributed by atoms with E-state index in [-0.39, 0.29) is 26.9 Å². The zero-order valence-corrected chi connectivity index (χ0v) is 11.2. The first-order valence-electron chi connectivity index (χ1n) is 5.32. The van der Waals surface area contributed by atoms with Crippen molar-refractivity contribution >= 4 is 29.5 Å². The Kier molecular flexibility index (Phi) is 4.01. The van der Waals surface area contributed by atoms with Crippen LogP contribution >= 0.6 is 23.2 Å². The fourth-order valence-corrected chi connectivity index (χ4v) is 2.23. The molecule has 0 amide bonds. The van der Waals surface area contributed by atoms with Crippen molar-refractivity contribution in [1.29, 1.82) is 0 Å². The van der Waals surface area contributed by atoms with Crippen molar-refractivity contribution in [3.63, 3.8) is 0 Å². The molecule has 2 nitrogen and oxygen atoms in total. The smallest absolute Gasteiger partial charge is 0.298 e. The summed E-state index contributed by atoms with van der Waals surface area (Å²) in [5.74, 6) is 0. The quantitative estimate of drug-likeness (QED) is 0.738. The second-order valence-electron chi connectivity index (χ2n) is 3.88. The molecule has 1 heterocycles. The van der Waals surface area contributed by atoms with Crippen LogP contribution in [0.1, 0.15) is 16.1 Å². The van der Waals surface area contributed by atoms with Crippen molar-refractivity contribution in [2.24, 2.45) is 0 Å². The Morgan fingerprint density at radius 2 is 1.70 bits per heavy atom. The molecule has 0 aliphatic rings. The lowest BCUT2D eigenvalue weighted by molar-refractivity contribution is -0.141. The Morgan fingerprint density at radius 1 is 1.10 bits per heavy atom. The van der Waals surface area contributed by atoms with Crippen molar-refractivity contribution in [1.82, 2.24) is 4.98 Å². The molecule has 0 bridgehead atoms. The van der Waals surface area contributed by atoms with Gasteiger partial charge in [0, 0.05) is 11.1 Å². The molecule has 104 valence electrons. The van der Waals surface area contributed by atoms with Gasteiger partial charge in [0.15, 0.2) is 0 Å². The third-order valence-corrected chi connectivity index (χ3v) is 3.12. The van der Waals surface area contributed by atoms with Gasteiger partial charge in [0.2, 0.25) is 0 Å². The Labute approximate surface area is 122 Å². The van der Waals surface area contributed by atoms with Gasteiger partial charge in [0.1, 0.15) is 12.0 Å². The summed E-state index contributed by atoms with van der Waals surface area (Å²) in [6.07, 6.45) is -4.35. The predicted molar refractivity (Wildman–Crippen MR) is 70.1 cm³/mol. The Hall–Kier alpha value is -1.59. The first kappa shape index (κ1) is 14.8. The van der Waals surface area contributed by atoms with Crippen LogP contribution in [0, 0.1) is 0 Å². The fraction of sp³-hybridized carbons (Fsp3) is 0.0769. The zero-order chi connectivity index (χ0) is 14.9. The third-order valence-electron chi connectivity index (χ3n) is 2.49. The Bertz CT molecular complexity index is 651. The maximum Gasteiger partial charge on any atom is 0.433 e. The lowest BCUT2D eigenvalue weighted by Gasteiger charge is -2.11. The minimum atomic E-state index is -4.67. The molecule has 7 heteroatoms. The number of aldehydes is 1. The van der Waals surface area contributed by atoms with E-state index in [0.717, 1.165) is 0 Å². The summed E-state index contributed by atoms with van der Waals surface area (Å²) in [5.41, 5.74) is -1.27. The van der Waals surface area contributed by atoms with E-state index >= 15 is 0 Å². The predicted octanol–water partition coefficient (Wildman–Crippen LogP) is 4.89. The number of rotatable bonds is 2. The normalized spacial score (nSPS) is 11.4. The highest BCUT2D eigenvalue weighted by Gasteiger charge is 2.33. The number of aromatic nitrogens is 1. The van der Waals surface area contributed by atoms with Gasteiger partial charge in [-0.05, 0) is 24.3 Å². The number of hydrogen-bond acceptors (Lipinski definition) is 2. The first-order chi connectivity index (χ1) is 9.32. The Morgan fingerprint density at radius 3 is 2.20 bits per heavy atom. The molecular formula is C13H6Cl2F3NO. The molecule has 1 aromatic heterocycles. The largest absolute Gasteiger partial charge is 0.433 e. The van der Waals surface area contributed by atoms with Gasteiger partial charge in [-0.15, -0.1) is 0 Å². The molecule has 1 aromatic carbocycles. The van der Waals surface area contributed by atoms with E-state index in [4.69, 9.17) is 23.2 Å². The summed E-state index contributed by atoms with van der Waals surface area (Å²) in [6.45, 7) is 0. The lowest BCUT2D eigenvalue weighted by Crippen LogP contribution is -2.09. The fourth-order valence-electron chi connectivity index (χ4n) is 1.64. The second-order valence-corrected chi connectivity index (χ2v) is 4.70. The average Bonchev–Trinajstić information content (AvgIpc) is 2.37. The molecule has 0 aliphatic carbocycles. The van der Waals surface area contributed by atoms with Gasteiger partial charge in [-0.1, -0.05) is 29.3 Å². The minimum absolute atomic E-state index is 0.0995. The number of carbonyl (C=O) groups excluding carboxylic acids is 1. The summed E-state index contributed by atoms with van der Waals surface area (Å²) < 4.78 is 38.3. The molecule has 2 rings (SSSR count). The van der Waals surface area contributed by atoms with E-state index in [1.807, 2.05) is 0 Å². The third kappa shape index (κ3) is 2.94. The summed E-state index contributed by atoms with van der Waals surface area (Å²) in [5, 5.41) is 0.308. The van der Waals surface area contributed by atoms with E-state index in [2.05, 4.69) is 4.98 Å². The molecule has 0 aliphatic heterocycles. The number of alkyl halides is 3. The molecular weight excluding hydrogens is 314 g/mol. The molecule has 0 radical (unpaired) electrons. The van der Waals surface area contributed by atoms with Crippen molar-refractivity contribution in [2.45, 2.75) is 6.18 Å². The minimum Gasteiger partial charge on any atom is -0.298 e. The van der Waals surface area contributed by atoms with Crippen LogP contribution in [-0.2, 0) is 6.18 Å². The van der Waals surface area contributed by atoms with E-state index in [9.17, 15) is 18.0 Å².